The minimum atomic E-state index is -0.292. The van der Waals surface area contributed by atoms with Gasteiger partial charge in [-0.05, 0) is 74.0 Å². The first-order chi connectivity index (χ1) is 12.1. The second-order valence-electron chi connectivity index (χ2n) is 8.84. The lowest BCUT2D eigenvalue weighted by atomic mass is 9.54. The molecule has 0 aromatic heterocycles. The Kier molecular flexibility index (Phi) is 3.53. The Hall–Kier alpha value is -1.06. The van der Waals surface area contributed by atoms with Crippen molar-refractivity contribution < 1.29 is 14.2 Å². The summed E-state index contributed by atoms with van der Waals surface area (Å²) in [4.78, 5) is 0. The number of ether oxygens (including phenoxy) is 3. The van der Waals surface area contributed by atoms with Crippen molar-refractivity contribution in [1.29, 1.82) is 0 Å². The highest BCUT2D eigenvalue weighted by Crippen LogP contribution is 2.66. The van der Waals surface area contributed by atoms with Gasteiger partial charge in [-0.3, -0.25) is 0 Å². The highest BCUT2D eigenvalue weighted by Gasteiger charge is 2.65. The van der Waals surface area contributed by atoms with Crippen LogP contribution >= 0.6 is 0 Å². The van der Waals surface area contributed by atoms with E-state index in [-0.39, 0.29) is 11.2 Å². The quantitative estimate of drug-likeness (QED) is 0.746. The summed E-state index contributed by atoms with van der Waals surface area (Å²) in [5.41, 5.74) is 4.70. The van der Waals surface area contributed by atoms with Crippen LogP contribution in [0.1, 0.15) is 61.6 Å². The number of aryl methyl sites for hydroxylation is 1. The number of benzene rings is 1. The zero-order chi connectivity index (χ0) is 17.2. The molecular weight excluding hydrogens is 312 g/mol. The van der Waals surface area contributed by atoms with Gasteiger partial charge in [0.25, 0.3) is 0 Å². The van der Waals surface area contributed by atoms with Crippen LogP contribution in [0.3, 0.4) is 0 Å². The van der Waals surface area contributed by atoms with Crippen molar-refractivity contribution in [2.75, 3.05) is 20.3 Å². The van der Waals surface area contributed by atoms with Crippen LogP contribution in [0.4, 0.5) is 0 Å². The fraction of sp³-hybridized carbons (Fsp3) is 0.727. The molecule has 1 spiro atoms. The second kappa shape index (κ2) is 5.47. The second-order valence-corrected chi connectivity index (χ2v) is 8.84. The minimum absolute atomic E-state index is 0.180. The normalized spacial score (nSPS) is 38.3. The molecule has 3 fully saturated rings. The van der Waals surface area contributed by atoms with E-state index in [1.165, 1.54) is 43.2 Å². The molecule has 0 bridgehead atoms. The van der Waals surface area contributed by atoms with Gasteiger partial charge >= 0.3 is 0 Å². The third-order valence-corrected chi connectivity index (χ3v) is 8.10. The summed E-state index contributed by atoms with van der Waals surface area (Å²) in [6.45, 7) is 6.25. The molecule has 4 atom stereocenters. The van der Waals surface area contributed by atoms with Gasteiger partial charge in [0, 0.05) is 17.4 Å². The molecule has 3 heteroatoms. The lowest BCUT2D eigenvalue weighted by Crippen LogP contribution is -2.51. The molecule has 0 N–H and O–H groups in total. The monoisotopic (exact) mass is 342 g/mol. The Morgan fingerprint density at radius 1 is 1.08 bits per heavy atom. The van der Waals surface area contributed by atoms with Crippen LogP contribution in [-0.4, -0.2) is 26.1 Å². The molecule has 0 unspecified atom stereocenters. The molecule has 2 saturated carbocycles. The summed E-state index contributed by atoms with van der Waals surface area (Å²) < 4.78 is 18.3. The summed E-state index contributed by atoms with van der Waals surface area (Å²) in [5.74, 6) is 2.92. The molecule has 3 nitrogen and oxygen atoms in total. The number of hydrogen-bond acceptors (Lipinski definition) is 3. The zero-order valence-electron chi connectivity index (χ0n) is 15.8. The molecule has 136 valence electrons. The van der Waals surface area contributed by atoms with Crippen molar-refractivity contribution in [2.24, 2.45) is 17.3 Å². The van der Waals surface area contributed by atoms with Crippen molar-refractivity contribution in [1.82, 2.24) is 0 Å². The molecule has 0 radical (unpaired) electrons. The van der Waals surface area contributed by atoms with E-state index < -0.39 is 0 Å². The van der Waals surface area contributed by atoms with Crippen molar-refractivity contribution >= 4 is 0 Å². The van der Waals surface area contributed by atoms with Crippen LogP contribution in [0.15, 0.2) is 12.1 Å². The number of hydrogen-bond donors (Lipinski definition) is 0. The van der Waals surface area contributed by atoms with Gasteiger partial charge in [-0.2, -0.15) is 0 Å². The standard InChI is InChI=1S/C22H30O3/c1-14-4-7-19(23-3)20-15(14)5-6-16-17(20)8-10-21(2)18(16)9-11-22(21)24-12-13-25-22/h4,7,16-18H,5-6,8-13H2,1-3H3/t16-,17+,18+,21+/m1/s1. The smallest absolute Gasteiger partial charge is 0.174 e. The molecular formula is C22H30O3. The molecule has 4 aliphatic rings. The van der Waals surface area contributed by atoms with Crippen LogP contribution in [0.2, 0.25) is 0 Å². The fourth-order valence-electron chi connectivity index (χ4n) is 6.91. The molecule has 1 saturated heterocycles. The maximum absolute atomic E-state index is 6.24. The van der Waals surface area contributed by atoms with E-state index in [2.05, 4.69) is 26.0 Å². The van der Waals surface area contributed by atoms with Gasteiger partial charge in [0.1, 0.15) is 5.75 Å². The van der Waals surface area contributed by atoms with E-state index in [1.54, 1.807) is 5.56 Å². The van der Waals surface area contributed by atoms with Crippen molar-refractivity contribution in [3.8, 4) is 5.75 Å². The molecule has 1 aromatic carbocycles. The van der Waals surface area contributed by atoms with Crippen LogP contribution in [0.25, 0.3) is 0 Å². The van der Waals surface area contributed by atoms with Gasteiger partial charge in [0.05, 0.1) is 20.3 Å². The Bertz CT molecular complexity index is 691. The molecule has 1 aromatic rings. The van der Waals surface area contributed by atoms with Gasteiger partial charge in [0.15, 0.2) is 5.79 Å². The third kappa shape index (κ3) is 2.00. The first-order valence-corrected chi connectivity index (χ1v) is 10.0. The van der Waals surface area contributed by atoms with Gasteiger partial charge in [0.2, 0.25) is 0 Å². The number of methoxy groups -OCH3 is 1. The first kappa shape index (κ1) is 16.1. The molecule has 3 aliphatic carbocycles. The van der Waals surface area contributed by atoms with Gasteiger partial charge in [-0.15, -0.1) is 0 Å². The lowest BCUT2D eigenvalue weighted by Gasteiger charge is -2.53. The maximum Gasteiger partial charge on any atom is 0.174 e. The minimum Gasteiger partial charge on any atom is -0.496 e. The summed E-state index contributed by atoms with van der Waals surface area (Å²) in [6, 6.07) is 4.42. The predicted molar refractivity (Wildman–Crippen MR) is 97.0 cm³/mol. The first-order valence-electron chi connectivity index (χ1n) is 10.0. The van der Waals surface area contributed by atoms with Crippen LogP contribution < -0.4 is 4.74 Å². The third-order valence-electron chi connectivity index (χ3n) is 8.10. The summed E-state index contributed by atoms with van der Waals surface area (Å²) in [7, 11) is 1.83. The molecule has 1 aliphatic heterocycles. The molecule has 25 heavy (non-hydrogen) atoms. The summed E-state index contributed by atoms with van der Waals surface area (Å²) in [6.07, 6.45) is 7.27. The van der Waals surface area contributed by atoms with Gasteiger partial charge in [-0.25, -0.2) is 0 Å². The van der Waals surface area contributed by atoms with Crippen molar-refractivity contribution in [3.05, 3.63) is 28.8 Å². The molecule has 1 heterocycles. The van der Waals surface area contributed by atoms with Crippen molar-refractivity contribution in [3.63, 3.8) is 0 Å². The Labute approximate surface area is 151 Å². The van der Waals surface area contributed by atoms with E-state index in [1.807, 2.05) is 7.11 Å². The van der Waals surface area contributed by atoms with Crippen LogP contribution in [-0.2, 0) is 15.9 Å². The van der Waals surface area contributed by atoms with Gasteiger partial charge in [-0.1, -0.05) is 13.0 Å². The average molecular weight is 342 g/mol. The Morgan fingerprint density at radius 2 is 1.88 bits per heavy atom. The van der Waals surface area contributed by atoms with E-state index in [0.717, 1.165) is 31.3 Å². The van der Waals surface area contributed by atoms with Gasteiger partial charge < -0.3 is 14.2 Å². The van der Waals surface area contributed by atoms with E-state index in [0.29, 0.717) is 11.8 Å². The Morgan fingerprint density at radius 3 is 2.64 bits per heavy atom. The Balaban J connectivity index is 1.55. The van der Waals surface area contributed by atoms with Crippen molar-refractivity contribution in [2.45, 2.75) is 64.1 Å². The zero-order valence-corrected chi connectivity index (χ0v) is 15.8. The highest BCUT2D eigenvalue weighted by atomic mass is 16.7. The van der Waals surface area contributed by atoms with E-state index >= 15 is 0 Å². The summed E-state index contributed by atoms with van der Waals surface area (Å²) >= 11 is 0. The fourth-order valence-corrected chi connectivity index (χ4v) is 6.91. The van der Waals surface area contributed by atoms with Crippen LogP contribution in [0.5, 0.6) is 5.75 Å². The maximum atomic E-state index is 6.24. The highest BCUT2D eigenvalue weighted by molar-refractivity contribution is 5.49. The molecule has 0 amide bonds. The number of fused-ring (bicyclic) bond motifs is 6. The summed E-state index contributed by atoms with van der Waals surface area (Å²) in [5, 5.41) is 0. The largest absolute Gasteiger partial charge is 0.496 e. The SMILES string of the molecule is COc1ccc(C)c2c1[C@H]1CC[C@@]3(C)[C@@H](CCC34OCCO4)[C@@H]1CC2. The predicted octanol–water partition coefficient (Wildman–Crippen LogP) is 4.60. The molecule has 5 rings (SSSR count). The average Bonchev–Trinajstić information content (AvgIpc) is 3.22. The van der Waals surface area contributed by atoms with E-state index in [4.69, 9.17) is 14.2 Å². The van der Waals surface area contributed by atoms with Crippen LogP contribution in [0, 0.1) is 24.2 Å². The van der Waals surface area contributed by atoms with E-state index in [9.17, 15) is 0 Å². The number of rotatable bonds is 1. The topological polar surface area (TPSA) is 27.7 Å². The lowest BCUT2D eigenvalue weighted by molar-refractivity contribution is -0.237.